The minimum atomic E-state index is -0.314. The molecule has 4 heteroatoms. The van der Waals surface area contributed by atoms with E-state index >= 15 is 0 Å². The highest BCUT2D eigenvalue weighted by Gasteiger charge is 2.08. The van der Waals surface area contributed by atoms with Crippen LogP contribution in [0.5, 0.6) is 0 Å². The summed E-state index contributed by atoms with van der Waals surface area (Å²) in [6.07, 6.45) is 0. The number of nitrogens with one attached hydrogen (secondary N) is 1. The zero-order valence-corrected chi connectivity index (χ0v) is 11.2. The number of hydrogen-bond acceptors (Lipinski definition) is 2. The van der Waals surface area contributed by atoms with Gasteiger partial charge in [-0.2, -0.15) is 0 Å². The lowest BCUT2D eigenvalue weighted by atomic mass is 10.2. The van der Waals surface area contributed by atoms with Gasteiger partial charge in [-0.05, 0) is 29.8 Å². The number of benzene rings is 2. The minimum absolute atomic E-state index is 0.245. The van der Waals surface area contributed by atoms with E-state index in [9.17, 15) is 9.18 Å². The van der Waals surface area contributed by atoms with Crippen LogP contribution in [0.4, 0.5) is 4.39 Å². The molecular weight excluding hydrogens is 267 g/mol. The Morgan fingerprint density at radius 2 is 1.86 bits per heavy atom. The van der Waals surface area contributed by atoms with Gasteiger partial charge in [-0.3, -0.25) is 4.79 Å². The number of halogens is 1. The van der Waals surface area contributed by atoms with Gasteiger partial charge < -0.3 is 5.32 Å². The Bertz CT molecular complexity index is 787. The molecule has 2 aromatic carbocycles. The number of rotatable bonds is 3. The van der Waals surface area contributed by atoms with Gasteiger partial charge in [-0.15, -0.1) is 0 Å². The van der Waals surface area contributed by atoms with Crippen LogP contribution in [0.3, 0.4) is 0 Å². The predicted molar refractivity (Wildman–Crippen MR) is 79.3 cm³/mol. The number of carbonyl (C=O) groups excluding carboxylic acids is 1. The van der Waals surface area contributed by atoms with Crippen molar-refractivity contribution in [3.8, 4) is 0 Å². The molecule has 0 aliphatic heterocycles. The summed E-state index contributed by atoms with van der Waals surface area (Å²) >= 11 is 0. The number of aromatic nitrogens is 1. The zero-order valence-electron chi connectivity index (χ0n) is 11.2. The molecule has 0 saturated carbocycles. The van der Waals surface area contributed by atoms with Gasteiger partial charge >= 0.3 is 0 Å². The maximum absolute atomic E-state index is 13.1. The van der Waals surface area contributed by atoms with Crippen molar-refractivity contribution in [3.63, 3.8) is 0 Å². The molecule has 0 radical (unpaired) electrons. The maximum Gasteiger partial charge on any atom is 0.270 e. The minimum Gasteiger partial charge on any atom is -0.347 e. The standard InChI is InChI=1S/C17H13FN2O/c18-14-7-9-15-13(10-14)6-8-16(20-15)17(21)19-11-12-4-2-1-3-5-12/h1-10H,11H2,(H,19,21). The van der Waals surface area contributed by atoms with E-state index in [1.54, 1.807) is 18.2 Å². The topological polar surface area (TPSA) is 42.0 Å². The third-order valence-electron chi connectivity index (χ3n) is 3.18. The lowest BCUT2D eigenvalue weighted by Crippen LogP contribution is -2.23. The van der Waals surface area contributed by atoms with E-state index < -0.39 is 0 Å². The maximum atomic E-state index is 13.1. The van der Waals surface area contributed by atoms with Crippen molar-refractivity contribution < 1.29 is 9.18 Å². The molecule has 1 aromatic heterocycles. The molecule has 104 valence electrons. The first kappa shape index (κ1) is 13.2. The molecule has 3 aromatic rings. The second-order valence-corrected chi connectivity index (χ2v) is 4.70. The van der Waals surface area contributed by atoms with Gasteiger partial charge in [0.1, 0.15) is 11.5 Å². The molecule has 0 saturated heterocycles. The fourth-order valence-corrected chi connectivity index (χ4v) is 2.09. The first-order valence-corrected chi connectivity index (χ1v) is 6.61. The van der Waals surface area contributed by atoms with Crippen LogP contribution < -0.4 is 5.32 Å². The molecule has 1 heterocycles. The van der Waals surface area contributed by atoms with E-state index in [0.29, 0.717) is 23.1 Å². The van der Waals surface area contributed by atoms with Crippen LogP contribution in [0.25, 0.3) is 10.9 Å². The first-order chi connectivity index (χ1) is 10.2. The molecule has 1 amide bonds. The van der Waals surface area contributed by atoms with Crippen molar-refractivity contribution in [2.24, 2.45) is 0 Å². The van der Waals surface area contributed by atoms with Crippen LogP contribution in [-0.4, -0.2) is 10.9 Å². The fraction of sp³-hybridized carbons (Fsp3) is 0.0588. The molecule has 0 bridgehead atoms. The Balaban J connectivity index is 1.77. The number of carbonyl (C=O) groups is 1. The highest BCUT2D eigenvalue weighted by molar-refractivity contribution is 5.94. The molecular formula is C17H13FN2O. The van der Waals surface area contributed by atoms with Crippen LogP contribution in [0, 0.1) is 5.82 Å². The summed E-state index contributed by atoms with van der Waals surface area (Å²) in [5.74, 6) is -0.560. The number of hydrogen-bond donors (Lipinski definition) is 1. The average Bonchev–Trinajstić information content (AvgIpc) is 2.53. The smallest absolute Gasteiger partial charge is 0.270 e. The highest BCUT2D eigenvalue weighted by Crippen LogP contribution is 2.14. The van der Waals surface area contributed by atoms with E-state index in [1.165, 1.54) is 12.1 Å². The summed E-state index contributed by atoms with van der Waals surface area (Å²) in [7, 11) is 0. The van der Waals surface area contributed by atoms with Crippen LogP contribution in [-0.2, 0) is 6.54 Å². The molecule has 0 aliphatic rings. The second kappa shape index (κ2) is 5.71. The van der Waals surface area contributed by atoms with Gasteiger partial charge in [0.15, 0.2) is 0 Å². The normalized spacial score (nSPS) is 10.5. The lowest BCUT2D eigenvalue weighted by Gasteiger charge is -2.06. The van der Waals surface area contributed by atoms with Gasteiger partial charge in [0.25, 0.3) is 5.91 Å². The second-order valence-electron chi connectivity index (χ2n) is 4.70. The summed E-state index contributed by atoms with van der Waals surface area (Å²) in [6, 6.07) is 17.2. The molecule has 3 rings (SSSR count). The van der Waals surface area contributed by atoms with Crippen molar-refractivity contribution in [3.05, 3.63) is 77.7 Å². The Morgan fingerprint density at radius 1 is 1.05 bits per heavy atom. The van der Waals surface area contributed by atoms with Crippen LogP contribution in [0.2, 0.25) is 0 Å². The summed E-state index contributed by atoms with van der Waals surface area (Å²) in [6.45, 7) is 0.447. The van der Waals surface area contributed by atoms with Crippen LogP contribution in [0.1, 0.15) is 16.1 Å². The summed E-state index contributed by atoms with van der Waals surface area (Å²) in [4.78, 5) is 16.3. The molecule has 0 atom stereocenters. The SMILES string of the molecule is O=C(NCc1ccccc1)c1ccc2cc(F)ccc2n1. The lowest BCUT2D eigenvalue weighted by molar-refractivity contribution is 0.0946. The molecule has 0 aliphatic carbocycles. The van der Waals surface area contributed by atoms with Gasteiger partial charge in [0.2, 0.25) is 0 Å². The van der Waals surface area contributed by atoms with Gasteiger partial charge in [-0.1, -0.05) is 36.4 Å². The van der Waals surface area contributed by atoms with Crippen molar-refractivity contribution in [1.29, 1.82) is 0 Å². The number of amides is 1. The van der Waals surface area contributed by atoms with Crippen LogP contribution >= 0.6 is 0 Å². The largest absolute Gasteiger partial charge is 0.347 e. The van der Waals surface area contributed by atoms with Gasteiger partial charge in [-0.25, -0.2) is 9.37 Å². The van der Waals surface area contributed by atoms with E-state index in [4.69, 9.17) is 0 Å². The monoisotopic (exact) mass is 280 g/mol. The molecule has 3 nitrogen and oxygen atoms in total. The molecule has 1 N–H and O–H groups in total. The summed E-state index contributed by atoms with van der Waals surface area (Å²) in [5, 5.41) is 3.49. The third kappa shape index (κ3) is 3.05. The van der Waals surface area contributed by atoms with E-state index in [2.05, 4.69) is 10.3 Å². The number of pyridine rings is 1. The third-order valence-corrected chi connectivity index (χ3v) is 3.18. The summed E-state index contributed by atoms with van der Waals surface area (Å²) in [5.41, 5.74) is 1.95. The quantitative estimate of drug-likeness (QED) is 0.799. The molecule has 0 fully saturated rings. The number of fused-ring (bicyclic) bond motifs is 1. The van der Waals surface area contributed by atoms with Gasteiger partial charge in [0.05, 0.1) is 5.52 Å². The van der Waals surface area contributed by atoms with Crippen molar-refractivity contribution in [2.45, 2.75) is 6.54 Å². The van der Waals surface area contributed by atoms with Crippen molar-refractivity contribution >= 4 is 16.8 Å². The summed E-state index contributed by atoms with van der Waals surface area (Å²) < 4.78 is 13.1. The van der Waals surface area contributed by atoms with Gasteiger partial charge in [0, 0.05) is 11.9 Å². The highest BCUT2D eigenvalue weighted by atomic mass is 19.1. The Kier molecular flexibility index (Phi) is 3.60. The Labute approximate surface area is 121 Å². The van der Waals surface area contributed by atoms with Crippen molar-refractivity contribution in [2.75, 3.05) is 0 Å². The van der Waals surface area contributed by atoms with E-state index in [0.717, 1.165) is 5.56 Å². The molecule has 0 spiro atoms. The zero-order chi connectivity index (χ0) is 14.7. The van der Waals surface area contributed by atoms with E-state index in [-0.39, 0.29) is 11.7 Å². The van der Waals surface area contributed by atoms with Crippen molar-refractivity contribution in [1.82, 2.24) is 10.3 Å². The number of nitrogens with zero attached hydrogens (tertiary/aromatic N) is 1. The average molecular weight is 280 g/mol. The van der Waals surface area contributed by atoms with Crippen LogP contribution in [0.15, 0.2) is 60.7 Å². The first-order valence-electron chi connectivity index (χ1n) is 6.61. The van der Waals surface area contributed by atoms with E-state index in [1.807, 2.05) is 30.3 Å². The predicted octanol–water partition coefficient (Wildman–Crippen LogP) is 3.30. The Morgan fingerprint density at radius 3 is 2.67 bits per heavy atom. The Hall–Kier alpha value is -2.75. The molecule has 0 unspecified atom stereocenters. The fourth-order valence-electron chi connectivity index (χ4n) is 2.09. The molecule has 21 heavy (non-hydrogen) atoms.